The second-order valence-corrected chi connectivity index (χ2v) is 4.90. The minimum atomic E-state index is 0.323. The highest BCUT2D eigenvalue weighted by Gasteiger charge is 2.10. The standard InChI is InChI=1S/C13H15Cl2N3O/c1-16-6-9-4-3-5-10(14)13(9)19-8-12-17-7-11(15)18(12)2/h3-5,7,16H,6,8H2,1-2H3. The van der Waals surface area contributed by atoms with Crippen LogP contribution in [0.1, 0.15) is 11.4 Å². The van der Waals surface area contributed by atoms with E-state index in [9.17, 15) is 0 Å². The van der Waals surface area contributed by atoms with Crippen LogP contribution in [-0.4, -0.2) is 16.6 Å². The third kappa shape index (κ3) is 3.21. The molecule has 0 radical (unpaired) electrons. The number of hydrogen-bond donors (Lipinski definition) is 1. The monoisotopic (exact) mass is 299 g/mol. The van der Waals surface area contributed by atoms with Crippen molar-refractivity contribution in [2.45, 2.75) is 13.2 Å². The molecule has 0 saturated heterocycles. The number of imidazole rings is 1. The van der Waals surface area contributed by atoms with Crippen LogP contribution in [-0.2, 0) is 20.2 Å². The number of benzene rings is 1. The van der Waals surface area contributed by atoms with E-state index in [1.165, 1.54) is 0 Å². The molecule has 0 aliphatic carbocycles. The number of nitrogens with zero attached hydrogens (tertiary/aromatic N) is 2. The molecule has 1 heterocycles. The van der Waals surface area contributed by atoms with Crippen molar-refractivity contribution in [3.05, 3.63) is 46.0 Å². The second-order valence-electron chi connectivity index (χ2n) is 4.10. The highest BCUT2D eigenvalue weighted by molar-refractivity contribution is 6.32. The minimum Gasteiger partial charge on any atom is -0.484 e. The maximum absolute atomic E-state index is 6.17. The smallest absolute Gasteiger partial charge is 0.147 e. The van der Waals surface area contributed by atoms with Gasteiger partial charge in [0.15, 0.2) is 0 Å². The molecular formula is C13H15Cl2N3O. The molecule has 0 aliphatic heterocycles. The molecule has 0 amide bonds. The number of aromatic nitrogens is 2. The van der Waals surface area contributed by atoms with Crippen LogP contribution in [0, 0.1) is 0 Å². The van der Waals surface area contributed by atoms with E-state index in [0.717, 1.165) is 11.4 Å². The average Bonchev–Trinajstić information content (AvgIpc) is 2.70. The predicted octanol–water partition coefficient (Wildman–Crippen LogP) is 3.03. The molecule has 2 aromatic rings. The largest absolute Gasteiger partial charge is 0.484 e. The van der Waals surface area contributed by atoms with Gasteiger partial charge < -0.3 is 14.6 Å². The lowest BCUT2D eigenvalue weighted by Crippen LogP contribution is -2.09. The molecule has 1 aromatic carbocycles. The van der Waals surface area contributed by atoms with E-state index in [0.29, 0.717) is 29.1 Å². The van der Waals surface area contributed by atoms with E-state index in [1.807, 2.05) is 26.2 Å². The zero-order valence-corrected chi connectivity index (χ0v) is 12.3. The number of hydrogen-bond acceptors (Lipinski definition) is 3. The van der Waals surface area contributed by atoms with Gasteiger partial charge in [0.25, 0.3) is 0 Å². The Morgan fingerprint density at radius 1 is 1.37 bits per heavy atom. The first-order valence-corrected chi connectivity index (χ1v) is 6.60. The van der Waals surface area contributed by atoms with Gasteiger partial charge in [0, 0.05) is 19.2 Å². The van der Waals surface area contributed by atoms with Crippen LogP contribution in [0.15, 0.2) is 24.4 Å². The molecule has 0 spiro atoms. The Kier molecular flexibility index (Phi) is 4.69. The van der Waals surface area contributed by atoms with Crippen molar-refractivity contribution >= 4 is 23.2 Å². The van der Waals surface area contributed by atoms with Crippen LogP contribution >= 0.6 is 23.2 Å². The molecule has 2 rings (SSSR count). The molecule has 0 atom stereocenters. The van der Waals surface area contributed by atoms with E-state index >= 15 is 0 Å². The summed E-state index contributed by atoms with van der Waals surface area (Å²) in [5, 5.41) is 4.25. The third-order valence-corrected chi connectivity index (χ3v) is 3.44. The van der Waals surface area contributed by atoms with Gasteiger partial charge in [0.2, 0.25) is 0 Å². The van der Waals surface area contributed by atoms with E-state index in [-0.39, 0.29) is 0 Å². The summed E-state index contributed by atoms with van der Waals surface area (Å²) < 4.78 is 7.56. The van der Waals surface area contributed by atoms with Gasteiger partial charge in [-0.1, -0.05) is 35.3 Å². The molecule has 19 heavy (non-hydrogen) atoms. The lowest BCUT2D eigenvalue weighted by molar-refractivity contribution is 0.288. The summed E-state index contributed by atoms with van der Waals surface area (Å²) >= 11 is 12.1. The van der Waals surface area contributed by atoms with E-state index in [4.69, 9.17) is 27.9 Å². The van der Waals surface area contributed by atoms with Crippen molar-refractivity contribution in [1.82, 2.24) is 14.9 Å². The fraction of sp³-hybridized carbons (Fsp3) is 0.308. The zero-order valence-electron chi connectivity index (χ0n) is 10.8. The van der Waals surface area contributed by atoms with Crippen molar-refractivity contribution in [2.24, 2.45) is 7.05 Å². The lowest BCUT2D eigenvalue weighted by atomic mass is 10.2. The highest BCUT2D eigenvalue weighted by Crippen LogP contribution is 2.29. The molecule has 102 valence electrons. The first-order chi connectivity index (χ1) is 9.13. The van der Waals surface area contributed by atoms with Crippen LogP contribution < -0.4 is 10.1 Å². The number of halogens is 2. The topological polar surface area (TPSA) is 39.1 Å². The summed E-state index contributed by atoms with van der Waals surface area (Å²) in [5.74, 6) is 1.43. The quantitative estimate of drug-likeness (QED) is 0.922. The fourth-order valence-electron chi connectivity index (χ4n) is 1.74. The van der Waals surface area contributed by atoms with E-state index in [1.54, 1.807) is 16.8 Å². The number of rotatable bonds is 5. The SMILES string of the molecule is CNCc1cccc(Cl)c1OCc1ncc(Cl)n1C. The van der Waals surface area contributed by atoms with E-state index < -0.39 is 0 Å². The second kappa shape index (κ2) is 6.28. The van der Waals surface area contributed by atoms with E-state index in [2.05, 4.69) is 10.3 Å². The van der Waals surface area contributed by atoms with Gasteiger partial charge >= 0.3 is 0 Å². The lowest BCUT2D eigenvalue weighted by Gasteiger charge is -2.13. The molecule has 0 unspecified atom stereocenters. The van der Waals surface area contributed by atoms with Gasteiger partial charge in [-0.05, 0) is 13.1 Å². The van der Waals surface area contributed by atoms with Gasteiger partial charge in [-0.2, -0.15) is 0 Å². The Labute approximate surface area is 122 Å². The van der Waals surface area contributed by atoms with Gasteiger partial charge in [-0.25, -0.2) is 4.98 Å². The van der Waals surface area contributed by atoms with Crippen LogP contribution in [0.25, 0.3) is 0 Å². The third-order valence-electron chi connectivity index (χ3n) is 2.79. The van der Waals surface area contributed by atoms with Crippen LogP contribution in [0.4, 0.5) is 0 Å². The van der Waals surface area contributed by atoms with Gasteiger partial charge in [-0.15, -0.1) is 0 Å². The Morgan fingerprint density at radius 3 is 2.79 bits per heavy atom. The Bertz CT molecular complexity index is 569. The summed E-state index contributed by atoms with van der Waals surface area (Å²) in [7, 11) is 3.72. The van der Waals surface area contributed by atoms with Gasteiger partial charge in [0.1, 0.15) is 23.3 Å². The number of ether oxygens (including phenoxy) is 1. The summed E-state index contributed by atoms with van der Waals surface area (Å²) in [6.07, 6.45) is 1.60. The van der Waals surface area contributed by atoms with Crippen molar-refractivity contribution in [1.29, 1.82) is 0 Å². The van der Waals surface area contributed by atoms with Gasteiger partial charge in [0.05, 0.1) is 11.2 Å². The zero-order chi connectivity index (χ0) is 13.8. The molecule has 0 bridgehead atoms. The fourth-order valence-corrected chi connectivity index (χ4v) is 2.13. The molecule has 6 heteroatoms. The minimum absolute atomic E-state index is 0.323. The van der Waals surface area contributed by atoms with Crippen LogP contribution in [0.3, 0.4) is 0 Å². The average molecular weight is 300 g/mol. The molecule has 1 N–H and O–H groups in total. The number of para-hydroxylation sites is 1. The highest BCUT2D eigenvalue weighted by atomic mass is 35.5. The normalized spacial score (nSPS) is 10.7. The van der Waals surface area contributed by atoms with Crippen LogP contribution in [0.5, 0.6) is 5.75 Å². The van der Waals surface area contributed by atoms with Crippen molar-refractivity contribution < 1.29 is 4.74 Å². The van der Waals surface area contributed by atoms with Gasteiger partial charge in [-0.3, -0.25) is 0 Å². The first kappa shape index (κ1) is 14.2. The Balaban J connectivity index is 2.17. The van der Waals surface area contributed by atoms with Crippen molar-refractivity contribution in [3.8, 4) is 5.75 Å². The maximum Gasteiger partial charge on any atom is 0.147 e. The summed E-state index contributed by atoms with van der Waals surface area (Å²) in [5.41, 5.74) is 1.01. The molecule has 4 nitrogen and oxygen atoms in total. The Morgan fingerprint density at radius 2 is 2.16 bits per heavy atom. The molecule has 0 saturated carbocycles. The maximum atomic E-state index is 6.17. The predicted molar refractivity (Wildman–Crippen MR) is 76.8 cm³/mol. The summed E-state index contributed by atoms with van der Waals surface area (Å²) in [6, 6.07) is 5.68. The Hall–Kier alpha value is -1.23. The first-order valence-electron chi connectivity index (χ1n) is 5.84. The molecule has 0 aliphatic rings. The van der Waals surface area contributed by atoms with Crippen molar-refractivity contribution in [3.63, 3.8) is 0 Å². The summed E-state index contributed by atoms with van der Waals surface area (Å²) in [6.45, 7) is 1.01. The number of nitrogens with one attached hydrogen (secondary N) is 1. The molecule has 0 fully saturated rings. The molecule has 1 aromatic heterocycles. The van der Waals surface area contributed by atoms with Crippen molar-refractivity contribution in [2.75, 3.05) is 7.05 Å². The molecular weight excluding hydrogens is 285 g/mol. The van der Waals surface area contributed by atoms with Crippen LogP contribution in [0.2, 0.25) is 10.2 Å². The summed E-state index contributed by atoms with van der Waals surface area (Å²) in [4.78, 5) is 4.18.